The summed E-state index contributed by atoms with van der Waals surface area (Å²) >= 11 is 0. The lowest BCUT2D eigenvalue weighted by atomic mass is 10.1. The molecule has 0 amide bonds. The Morgan fingerprint density at radius 1 is 1.17 bits per heavy atom. The molecule has 0 saturated heterocycles. The molecule has 12 heavy (non-hydrogen) atoms. The Morgan fingerprint density at radius 2 is 1.92 bits per heavy atom. The summed E-state index contributed by atoms with van der Waals surface area (Å²) in [6, 6.07) is 11.4. The fourth-order valence-electron chi connectivity index (χ4n) is 1.23. The van der Waals surface area contributed by atoms with Gasteiger partial charge in [-0.25, -0.2) is 0 Å². The molecule has 0 fully saturated rings. The van der Waals surface area contributed by atoms with Crippen LogP contribution in [0.3, 0.4) is 0 Å². The molecule has 1 radical (unpaired) electrons. The molecule has 2 rings (SSSR count). The summed E-state index contributed by atoms with van der Waals surface area (Å²) in [6.45, 7) is 4.05. The Bertz CT molecular complexity index is 378. The highest BCUT2D eigenvalue weighted by Gasteiger charge is 1.97. The fourth-order valence-corrected chi connectivity index (χ4v) is 1.23. The Morgan fingerprint density at radius 3 is 2.75 bits per heavy atom. The summed E-state index contributed by atoms with van der Waals surface area (Å²) in [5.74, 6) is 0. The van der Waals surface area contributed by atoms with Gasteiger partial charge in [-0.2, -0.15) is 0 Å². The summed E-state index contributed by atoms with van der Waals surface area (Å²) < 4.78 is 0. The smallest absolute Gasteiger partial charge is 0.0711 e. The number of aryl methyl sites for hydroxylation is 2. The van der Waals surface area contributed by atoms with Gasteiger partial charge in [0, 0.05) is 11.1 Å². The Balaban J connectivity index is 2.84. The molecule has 59 valence electrons. The zero-order valence-electron chi connectivity index (χ0n) is 7.26. The minimum atomic E-state index is 1.03. The number of hydrogen-bond donors (Lipinski definition) is 0. The van der Waals surface area contributed by atoms with Crippen molar-refractivity contribution in [3.8, 4) is 0 Å². The Labute approximate surface area is 72.1 Å². The second-order valence-electron chi connectivity index (χ2n) is 2.96. The third-order valence-corrected chi connectivity index (χ3v) is 2.06. The van der Waals surface area contributed by atoms with Crippen molar-refractivity contribution >= 4 is 10.9 Å². The van der Waals surface area contributed by atoms with Crippen molar-refractivity contribution in [1.82, 2.24) is 4.98 Å². The van der Waals surface area contributed by atoms with Crippen LogP contribution in [0.5, 0.6) is 0 Å². The first-order chi connectivity index (χ1) is 5.77. The van der Waals surface area contributed by atoms with Crippen LogP contribution in [0.4, 0.5) is 0 Å². The first-order valence-corrected chi connectivity index (χ1v) is 4.02. The minimum Gasteiger partial charge on any atom is -0.253 e. The van der Waals surface area contributed by atoms with Crippen LogP contribution in [0, 0.1) is 19.9 Å². The fraction of sp³-hybridized carbons (Fsp3) is 0.182. The van der Waals surface area contributed by atoms with E-state index in [1.807, 2.05) is 38.1 Å². The maximum Gasteiger partial charge on any atom is 0.0711 e. The molecular formula is C11H10N. The van der Waals surface area contributed by atoms with E-state index in [2.05, 4.69) is 11.1 Å². The van der Waals surface area contributed by atoms with Crippen molar-refractivity contribution in [2.45, 2.75) is 13.8 Å². The van der Waals surface area contributed by atoms with Gasteiger partial charge in [-0.05, 0) is 31.5 Å². The van der Waals surface area contributed by atoms with Crippen LogP contribution in [-0.2, 0) is 0 Å². The van der Waals surface area contributed by atoms with E-state index in [1.165, 1.54) is 0 Å². The van der Waals surface area contributed by atoms with Crippen molar-refractivity contribution in [3.63, 3.8) is 0 Å². The number of fused-ring (bicyclic) bond motifs is 1. The predicted molar refractivity (Wildman–Crippen MR) is 50.1 cm³/mol. The highest BCUT2D eigenvalue weighted by Crippen LogP contribution is 2.13. The molecule has 0 N–H and O–H groups in total. The van der Waals surface area contributed by atoms with Gasteiger partial charge in [0.1, 0.15) is 0 Å². The number of nitrogens with zero attached hydrogens (tertiary/aromatic N) is 1. The number of para-hydroxylation sites is 1. The second-order valence-corrected chi connectivity index (χ2v) is 2.96. The van der Waals surface area contributed by atoms with E-state index in [0.29, 0.717) is 0 Å². The Hall–Kier alpha value is -1.37. The van der Waals surface area contributed by atoms with E-state index in [1.54, 1.807) is 0 Å². The topological polar surface area (TPSA) is 12.9 Å². The minimum absolute atomic E-state index is 1.03. The lowest BCUT2D eigenvalue weighted by molar-refractivity contribution is 1.19. The molecule has 1 aromatic carbocycles. The van der Waals surface area contributed by atoms with E-state index in [0.717, 1.165) is 22.2 Å². The number of aromatic nitrogens is 1. The average molecular weight is 156 g/mol. The zero-order chi connectivity index (χ0) is 8.55. The lowest BCUT2D eigenvalue weighted by Gasteiger charge is -2.00. The van der Waals surface area contributed by atoms with Crippen molar-refractivity contribution in [3.05, 3.63) is 41.6 Å². The molecule has 2 aromatic rings. The lowest BCUT2D eigenvalue weighted by Crippen LogP contribution is -1.87. The van der Waals surface area contributed by atoms with Crippen molar-refractivity contribution in [2.75, 3.05) is 0 Å². The number of rotatable bonds is 0. The maximum absolute atomic E-state index is 4.44. The van der Waals surface area contributed by atoms with Gasteiger partial charge in [0.15, 0.2) is 0 Å². The normalized spacial score (nSPS) is 10.5. The van der Waals surface area contributed by atoms with Crippen LogP contribution in [0.15, 0.2) is 24.3 Å². The first-order valence-electron chi connectivity index (χ1n) is 4.02. The van der Waals surface area contributed by atoms with Gasteiger partial charge < -0.3 is 0 Å². The standard InChI is InChI=1S/C11H10N/c1-8-7-10-5-3-4-6-11(10)12-9(8)2/h3-6H,1-2H3. The second kappa shape index (κ2) is 2.59. The highest BCUT2D eigenvalue weighted by atomic mass is 14.7. The highest BCUT2D eigenvalue weighted by molar-refractivity contribution is 5.78. The van der Waals surface area contributed by atoms with Gasteiger partial charge in [-0.3, -0.25) is 4.98 Å². The molecule has 0 aliphatic rings. The zero-order valence-corrected chi connectivity index (χ0v) is 7.26. The number of hydrogen-bond acceptors (Lipinski definition) is 1. The monoisotopic (exact) mass is 156 g/mol. The summed E-state index contributed by atoms with van der Waals surface area (Å²) in [6.07, 6.45) is 0. The first kappa shape index (κ1) is 7.29. The van der Waals surface area contributed by atoms with E-state index < -0.39 is 0 Å². The van der Waals surface area contributed by atoms with E-state index in [4.69, 9.17) is 0 Å². The number of benzene rings is 1. The van der Waals surface area contributed by atoms with Gasteiger partial charge in [-0.15, -0.1) is 0 Å². The molecule has 0 spiro atoms. The van der Waals surface area contributed by atoms with Crippen LogP contribution in [0.25, 0.3) is 10.9 Å². The van der Waals surface area contributed by atoms with Crippen LogP contribution >= 0.6 is 0 Å². The van der Waals surface area contributed by atoms with Gasteiger partial charge in [0.25, 0.3) is 0 Å². The third kappa shape index (κ3) is 1.07. The summed E-state index contributed by atoms with van der Waals surface area (Å²) in [4.78, 5) is 4.44. The molecule has 0 bridgehead atoms. The van der Waals surface area contributed by atoms with Crippen LogP contribution in [-0.4, -0.2) is 4.98 Å². The third-order valence-electron chi connectivity index (χ3n) is 2.06. The van der Waals surface area contributed by atoms with Crippen molar-refractivity contribution in [1.29, 1.82) is 0 Å². The molecule has 0 aliphatic heterocycles. The van der Waals surface area contributed by atoms with Crippen molar-refractivity contribution < 1.29 is 0 Å². The largest absolute Gasteiger partial charge is 0.253 e. The molecule has 1 heterocycles. The van der Waals surface area contributed by atoms with E-state index in [-0.39, 0.29) is 0 Å². The molecular weight excluding hydrogens is 146 g/mol. The average Bonchev–Trinajstić information content (AvgIpc) is 2.07. The molecule has 0 saturated carbocycles. The molecule has 1 heteroatoms. The van der Waals surface area contributed by atoms with Crippen LogP contribution < -0.4 is 0 Å². The predicted octanol–water partition coefficient (Wildman–Crippen LogP) is 2.65. The van der Waals surface area contributed by atoms with Crippen LogP contribution in [0.2, 0.25) is 0 Å². The summed E-state index contributed by atoms with van der Waals surface area (Å²) in [5, 5.41) is 1.10. The quantitative estimate of drug-likeness (QED) is 0.571. The molecule has 0 atom stereocenters. The van der Waals surface area contributed by atoms with Crippen molar-refractivity contribution in [2.24, 2.45) is 0 Å². The maximum atomic E-state index is 4.44. The van der Waals surface area contributed by atoms with E-state index in [9.17, 15) is 0 Å². The van der Waals surface area contributed by atoms with Gasteiger partial charge in [0.05, 0.1) is 5.52 Å². The van der Waals surface area contributed by atoms with Gasteiger partial charge in [-0.1, -0.05) is 18.2 Å². The van der Waals surface area contributed by atoms with Gasteiger partial charge in [0.2, 0.25) is 0 Å². The summed E-state index contributed by atoms with van der Waals surface area (Å²) in [5.41, 5.74) is 3.23. The molecule has 0 unspecified atom stereocenters. The number of pyridine rings is 1. The molecule has 1 aromatic heterocycles. The molecule has 0 aliphatic carbocycles. The van der Waals surface area contributed by atoms with E-state index >= 15 is 0 Å². The SMILES string of the molecule is Cc1[c]c2ccccc2nc1C. The Kier molecular flexibility index (Phi) is 1.58. The summed E-state index contributed by atoms with van der Waals surface area (Å²) in [7, 11) is 0. The van der Waals surface area contributed by atoms with Crippen LogP contribution in [0.1, 0.15) is 11.3 Å². The molecule has 1 nitrogen and oxygen atoms in total. The van der Waals surface area contributed by atoms with Gasteiger partial charge >= 0.3 is 0 Å².